The molecule has 1 unspecified atom stereocenters. The summed E-state index contributed by atoms with van der Waals surface area (Å²) >= 11 is 0. The summed E-state index contributed by atoms with van der Waals surface area (Å²) in [6.07, 6.45) is 8.07. The summed E-state index contributed by atoms with van der Waals surface area (Å²) in [5.41, 5.74) is 1.25. The van der Waals surface area contributed by atoms with Crippen LogP contribution in [0.15, 0.2) is 24.3 Å². The molecule has 0 spiro atoms. The molecule has 2 atom stereocenters. The van der Waals surface area contributed by atoms with Crippen molar-refractivity contribution in [2.45, 2.75) is 77.0 Å². The van der Waals surface area contributed by atoms with E-state index in [9.17, 15) is 0 Å². The third kappa shape index (κ3) is 3.42. The normalized spacial score (nSPS) is 26.7. The Bertz CT molecular complexity index is 476. The van der Waals surface area contributed by atoms with Gasteiger partial charge in [-0.25, -0.2) is 0 Å². The fourth-order valence-corrected chi connectivity index (χ4v) is 4.04. The van der Waals surface area contributed by atoms with Crippen molar-refractivity contribution in [1.82, 2.24) is 5.32 Å². The fraction of sp³-hybridized carbons (Fsp3) is 0.684. The average molecular weight is 287 g/mol. The summed E-state index contributed by atoms with van der Waals surface area (Å²) in [5, 5.41) is 3.92. The van der Waals surface area contributed by atoms with Gasteiger partial charge in [0.15, 0.2) is 0 Å². The Labute approximate surface area is 129 Å². The lowest BCUT2D eigenvalue weighted by Crippen LogP contribution is -2.44. The minimum atomic E-state index is -0.0850. The van der Waals surface area contributed by atoms with E-state index >= 15 is 0 Å². The molecule has 2 heteroatoms. The van der Waals surface area contributed by atoms with Crippen LogP contribution in [0.3, 0.4) is 0 Å². The van der Waals surface area contributed by atoms with Gasteiger partial charge in [0.05, 0.1) is 0 Å². The molecule has 0 radical (unpaired) electrons. The Kier molecular flexibility index (Phi) is 4.26. The average Bonchev–Trinajstić information content (AvgIpc) is 2.47. The molecule has 1 fully saturated rings. The minimum absolute atomic E-state index is 0.0850. The fourth-order valence-electron chi connectivity index (χ4n) is 4.04. The van der Waals surface area contributed by atoms with Gasteiger partial charge in [-0.1, -0.05) is 37.5 Å². The molecule has 1 aliphatic heterocycles. The molecular weight excluding hydrogens is 258 g/mol. The zero-order valence-electron chi connectivity index (χ0n) is 13.7. The lowest BCUT2D eigenvalue weighted by molar-refractivity contribution is 0.0613. The van der Waals surface area contributed by atoms with Gasteiger partial charge in [-0.15, -0.1) is 0 Å². The van der Waals surface area contributed by atoms with E-state index in [1.807, 2.05) is 0 Å². The van der Waals surface area contributed by atoms with Gasteiger partial charge in [-0.3, -0.25) is 0 Å². The second-order valence-electron chi connectivity index (χ2n) is 7.51. The smallest absolute Gasteiger partial charge is 0.124 e. The van der Waals surface area contributed by atoms with E-state index in [0.717, 1.165) is 18.1 Å². The quantitative estimate of drug-likeness (QED) is 0.858. The molecule has 0 amide bonds. The van der Waals surface area contributed by atoms with Crippen LogP contribution in [0.25, 0.3) is 0 Å². The van der Waals surface area contributed by atoms with Gasteiger partial charge >= 0.3 is 0 Å². The van der Waals surface area contributed by atoms with Gasteiger partial charge in [0.2, 0.25) is 0 Å². The van der Waals surface area contributed by atoms with Crippen molar-refractivity contribution in [2.24, 2.45) is 5.92 Å². The van der Waals surface area contributed by atoms with Gasteiger partial charge in [0.25, 0.3) is 0 Å². The molecular formula is C19H29NO. The molecule has 116 valence electrons. The molecule has 1 heterocycles. The van der Waals surface area contributed by atoms with Crippen LogP contribution in [0.2, 0.25) is 0 Å². The molecule has 0 bridgehead atoms. The number of nitrogens with one attached hydrogen (secondary N) is 1. The molecule has 3 rings (SSSR count). The first-order valence-electron chi connectivity index (χ1n) is 8.59. The summed E-state index contributed by atoms with van der Waals surface area (Å²) < 4.78 is 6.14. The number of hydrogen-bond acceptors (Lipinski definition) is 2. The maximum atomic E-state index is 6.14. The minimum Gasteiger partial charge on any atom is -0.487 e. The highest BCUT2D eigenvalue weighted by Gasteiger charge is 2.34. The Balaban J connectivity index is 1.74. The number of rotatable bonds is 3. The summed E-state index contributed by atoms with van der Waals surface area (Å²) in [4.78, 5) is 0. The second kappa shape index (κ2) is 6.00. The van der Waals surface area contributed by atoms with E-state index in [1.165, 1.54) is 37.7 Å². The Hall–Kier alpha value is -1.02. The Morgan fingerprint density at radius 3 is 2.62 bits per heavy atom. The van der Waals surface area contributed by atoms with Crippen molar-refractivity contribution in [3.63, 3.8) is 0 Å². The predicted molar refractivity (Wildman–Crippen MR) is 87.7 cm³/mol. The van der Waals surface area contributed by atoms with Gasteiger partial charge < -0.3 is 10.1 Å². The lowest BCUT2D eigenvalue weighted by atomic mass is 9.83. The molecule has 1 N–H and O–H groups in total. The van der Waals surface area contributed by atoms with Crippen LogP contribution in [0.5, 0.6) is 5.75 Å². The number of para-hydroxylation sites is 1. The van der Waals surface area contributed by atoms with Crippen molar-refractivity contribution in [1.29, 1.82) is 0 Å². The molecule has 1 aromatic carbocycles. The molecule has 1 aliphatic carbocycles. The first kappa shape index (κ1) is 14.9. The topological polar surface area (TPSA) is 21.3 Å². The maximum Gasteiger partial charge on any atom is 0.124 e. The van der Waals surface area contributed by atoms with E-state index in [-0.39, 0.29) is 5.60 Å². The summed E-state index contributed by atoms with van der Waals surface area (Å²) in [6, 6.07) is 9.54. The van der Waals surface area contributed by atoms with E-state index < -0.39 is 0 Å². The maximum absolute atomic E-state index is 6.14. The standard InChI is InChI=1S/C19H29NO/c1-14(15-9-5-4-6-10-15)20-17-13-19(2,3)21-18-12-8-7-11-16(17)18/h7-8,11-12,14-15,17,20H,4-6,9-10,13H2,1-3H3/t14-,17?/m0/s1. The third-order valence-corrected chi connectivity index (χ3v) is 5.20. The van der Waals surface area contributed by atoms with Crippen molar-refractivity contribution >= 4 is 0 Å². The van der Waals surface area contributed by atoms with Crippen molar-refractivity contribution < 1.29 is 4.74 Å². The van der Waals surface area contributed by atoms with Gasteiger partial charge in [-0.05, 0) is 45.6 Å². The summed E-state index contributed by atoms with van der Waals surface area (Å²) in [5.74, 6) is 1.90. The van der Waals surface area contributed by atoms with Gasteiger partial charge in [-0.2, -0.15) is 0 Å². The Morgan fingerprint density at radius 2 is 1.86 bits per heavy atom. The van der Waals surface area contributed by atoms with E-state index in [0.29, 0.717) is 12.1 Å². The zero-order valence-corrected chi connectivity index (χ0v) is 13.7. The molecule has 1 aromatic rings. The van der Waals surface area contributed by atoms with Crippen molar-refractivity contribution in [3.8, 4) is 5.75 Å². The second-order valence-corrected chi connectivity index (χ2v) is 7.51. The van der Waals surface area contributed by atoms with Crippen LogP contribution in [0.4, 0.5) is 0 Å². The van der Waals surface area contributed by atoms with Crippen LogP contribution in [-0.2, 0) is 0 Å². The SMILES string of the molecule is C[C@H](NC1CC(C)(C)Oc2ccccc21)C1CCCCC1. The number of ether oxygens (including phenoxy) is 1. The molecule has 2 nitrogen and oxygen atoms in total. The molecule has 0 saturated heterocycles. The number of hydrogen-bond donors (Lipinski definition) is 1. The van der Waals surface area contributed by atoms with Gasteiger partial charge in [0.1, 0.15) is 11.4 Å². The predicted octanol–water partition coefficient (Wildman–Crippen LogP) is 4.85. The van der Waals surface area contributed by atoms with Crippen LogP contribution in [0.1, 0.15) is 70.9 Å². The Morgan fingerprint density at radius 1 is 1.14 bits per heavy atom. The highest BCUT2D eigenvalue weighted by Crippen LogP contribution is 2.40. The van der Waals surface area contributed by atoms with Crippen molar-refractivity contribution in [3.05, 3.63) is 29.8 Å². The highest BCUT2D eigenvalue weighted by atomic mass is 16.5. The van der Waals surface area contributed by atoms with Crippen LogP contribution < -0.4 is 10.1 Å². The van der Waals surface area contributed by atoms with E-state index in [4.69, 9.17) is 4.74 Å². The first-order chi connectivity index (χ1) is 10.1. The molecule has 1 saturated carbocycles. The summed E-state index contributed by atoms with van der Waals surface area (Å²) in [6.45, 7) is 6.77. The summed E-state index contributed by atoms with van der Waals surface area (Å²) in [7, 11) is 0. The van der Waals surface area contributed by atoms with E-state index in [1.54, 1.807) is 0 Å². The first-order valence-corrected chi connectivity index (χ1v) is 8.59. The third-order valence-electron chi connectivity index (χ3n) is 5.20. The van der Waals surface area contributed by atoms with Crippen LogP contribution in [-0.4, -0.2) is 11.6 Å². The highest BCUT2D eigenvalue weighted by molar-refractivity contribution is 5.38. The monoisotopic (exact) mass is 287 g/mol. The largest absolute Gasteiger partial charge is 0.487 e. The van der Waals surface area contributed by atoms with Crippen LogP contribution >= 0.6 is 0 Å². The lowest BCUT2D eigenvalue weighted by Gasteiger charge is -2.40. The van der Waals surface area contributed by atoms with E-state index in [2.05, 4.69) is 50.4 Å². The van der Waals surface area contributed by atoms with Crippen LogP contribution in [0, 0.1) is 5.92 Å². The number of benzene rings is 1. The molecule has 21 heavy (non-hydrogen) atoms. The zero-order chi connectivity index (χ0) is 14.9. The number of fused-ring (bicyclic) bond motifs is 1. The van der Waals surface area contributed by atoms with Crippen molar-refractivity contribution in [2.75, 3.05) is 0 Å². The molecule has 0 aromatic heterocycles. The molecule has 2 aliphatic rings. The van der Waals surface area contributed by atoms with Gasteiger partial charge in [0, 0.05) is 24.1 Å².